The molecule has 0 radical (unpaired) electrons. The molecule has 1 aliphatic heterocycles. The monoisotopic (exact) mass is 250 g/mol. The molecule has 0 aliphatic carbocycles. The molecule has 0 bridgehead atoms. The fraction of sp³-hybridized carbons (Fsp3) is 0.462. The molecular weight excluding hydrogens is 232 g/mol. The molecule has 1 saturated heterocycles. The van der Waals surface area contributed by atoms with Crippen molar-refractivity contribution < 1.29 is 4.74 Å². The molecule has 3 nitrogen and oxygen atoms in total. The van der Waals surface area contributed by atoms with E-state index in [1.807, 2.05) is 6.07 Å². The van der Waals surface area contributed by atoms with Gasteiger partial charge >= 0.3 is 0 Å². The minimum absolute atomic E-state index is 0.289. The second-order valence-corrected chi connectivity index (χ2v) is 4.77. The zero-order chi connectivity index (χ0) is 12.1. The van der Waals surface area contributed by atoms with Crippen molar-refractivity contribution in [1.29, 1.82) is 0 Å². The number of ether oxygens (including phenoxy) is 1. The molecule has 1 heterocycles. The lowest BCUT2D eigenvalue weighted by molar-refractivity contribution is 0.0175. The molecule has 17 heavy (non-hydrogen) atoms. The highest BCUT2D eigenvalue weighted by Gasteiger charge is 2.22. The molecule has 0 spiro atoms. The molecule has 1 aromatic carbocycles. The van der Waals surface area contributed by atoms with E-state index < -0.39 is 0 Å². The van der Waals surface area contributed by atoms with Crippen LogP contribution in [0.2, 0.25) is 0 Å². The largest absolute Gasteiger partial charge is 0.393 e. The van der Waals surface area contributed by atoms with Crippen LogP contribution in [0.25, 0.3) is 0 Å². The number of morpholine rings is 1. The van der Waals surface area contributed by atoms with Gasteiger partial charge in [-0.25, -0.2) is 0 Å². The van der Waals surface area contributed by atoms with Crippen molar-refractivity contribution in [1.82, 2.24) is 4.90 Å². The van der Waals surface area contributed by atoms with Crippen molar-refractivity contribution in [2.45, 2.75) is 12.5 Å². The zero-order valence-electron chi connectivity index (χ0n) is 9.84. The Morgan fingerprint density at radius 3 is 2.53 bits per heavy atom. The maximum absolute atomic E-state index is 5.71. The Balaban J connectivity index is 2.15. The molecule has 0 aromatic heterocycles. The van der Waals surface area contributed by atoms with Gasteiger partial charge in [-0.05, 0) is 5.56 Å². The maximum Gasteiger partial charge on any atom is 0.0746 e. The van der Waals surface area contributed by atoms with E-state index >= 15 is 0 Å². The van der Waals surface area contributed by atoms with Crippen molar-refractivity contribution in [2.24, 2.45) is 5.73 Å². The summed E-state index contributed by atoms with van der Waals surface area (Å²) in [6, 6.07) is 10.7. The first-order valence-corrected chi connectivity index (χ1v) is 6.33. The lowest BCUT2D eigenvalue weighted by Gasteiger charge is -2.34. The predicted molar refractivity (Wildman–Crippen MR) is 73.0 cm³/mol. The van der Waals surface area contributed by atoms with Crippen molar-refractivity contribution >= 4 is 17.2 Å². The first-order chi connectivity index (χ1) is 8.27. The maximum atomic E-state index is 5.71. The number of thiocarbonyl (C=S) groups is 1. The van der Waals surface area contributed by atoms with Gasteiger partial charge < -0.3 is 10.5 Å². The van der Waals surface area contributed by atoms with E-state index in [0.29, 0.717) is 4.99 Å². The van der Waals surface area contributed by atoms with Gasteiger partial charge in [-0.3, -0.25) is 4.90 Å². The summed E-state index contributed by atoms with van der Waals surface area (Å²) in [5, 5.41) is 0. The van der Waals surface area contributed by atoms with E-state index in [1.54, 1.807) is 0 Å². The third-order valence-electron chi connectivity index (χ3n) is 3.07. The molecular formula is C13H18N2OS. The predicted octanol–water partition coefficient (Wildman–Crippen LogP) is 1.74. The molecule has 1 unspecified atom stereocenters. The van der Waals surface area contributed by atoms with E-state index in [4.69, 9.17) is 22.7 Å². The fourth-order valence-electron chi connectivity index (χ4n) is 2.21. The Morgan fingerprint density at radius 2 is 1.94 bits per heavy atom. The van der Waals surface area contributed by atoms with Crippen molar-refractivity contribution in [3.8, 4) is 0 Å². The van der Waals surface area contributed by atoms with Crippen LogP contribution in [0, 0.1) is 0 Å². The standard InChI is InChI=1S/C13H18N2OS/c14-13(17)10-12(11-4-2-1-3-5-11)15-6-8-16-9-7-15/h1-5,12H,6-10H2,(H2,14,17). The molecule has 2 N–H and O–H groups in total. The zero-order valence-corrected chi connectivity index (χ0v) is 10.7. The van der Waals surface area contributed by atoms with Crippen LogP contribution in [-0.2, 0) is 4.74 Å². The Bertz CT molecular complexity index is 363. The van der Waals surface area contributed by atoms with Crippen LogP contribution < -0.4 is 5.73 Å². The van der Waals surface area contributed by atoms with Crippen LogP contribution in [-0.4, -0.2) is 36.2 Å². The van der Waals surface area contributed by atoms with Crippen LogP contribution >= 0.6 is 12.2 Å². The van der Waals surface area contributed by atoms with Crippen molar-refractivity contribution in [3.05, 3.63) is 35.9 Å². The number of nitrogens with two attached hydrogens (primary N) is 1. The van der Waals surface area contributed by atoms with Gasteiger partial charge in [-0.15, -0.1) is 0 Å². The second kappa shape index (κ2) is 6.10. The second-order valence-electron chi connectivity index (χ2n) is 4.25. The molecule has 92 valence electrons. The molecule has 4 heteroatoms. The Hall–Kier alpha value is -0.970. The lowest BCUT2D eigenvalue weighted by Crippen LogP contribution is -2.40. The highest BCUT2D eigenvalue weighted by molar-refractivity contribution is 7.80. The molecule has 1 atom stereocenters. The first kappa shape index (κ1) is 12.5. The van der Waals surface area contributed by atoms with Crippen LogP contribution in [0.3, 0.4) is 0 Å². The lowest BCUT2D eigenvalue weighted by atomic mass is 10.0. The number of hydrogen-bond donors (Lipinski definition) is 1. The van der Waals surface area contributed by atoms with Gasteiger partial charge in [-0.2, -0.15) is 0 Å². The summed E-state index contributed by atoms with van der Waals surface area (Å²) < 4.78 is 5.38. The van der Waals surface area contributed by atoms with Gasteiger partial charge in [-0.1, -0.05) is 42.5 Å². The van der Waals surface area contributed by atoms with E-state index in [-0.39, 0.29) is 6.04 Å². The Kier molecular flexibility index (Phi) is 4.48. The summed E-state index contributed by atoms with van der Waals surface area (Å²) in [6.07, 6.45) is 0.735. The van der Waals surface area contributed by atoms with Crippen LogP contribution in [0.4, 0.5) is 0 Å². The number of rotatable bonds is 4. The van der Waals surface area contributed by atoms with Gasteiger partial charge in [0.25, 0.3) is 0 Å². The van der Waals surface area contributed by atoms with Crippen LogP contribution in [0.15, 0.2) is 30.3 Å². The smallest absolute Gasteiger partial charge is 0.0746 e. The molecule has 1 aromatic rings. The van der Waals surface area contributed by atoms with E-state index in [0.717, 1.165) is 32.7 Å². The first-order valence-electron chi connectivity index (χ1n) is 5.92. The minimum atomic E-state index is 0.289. The van der Waals surface area contributed by atoms with Gasteiger partial charge in [0.05, 0.1) is 18.2 Å². The van der Waals surface area contributed by atoms with Gasteiger partial charge in [0.1, 0.15) is 0 Å². The van der Waals surface area contributed by atoms with Gasteiger partial charge in [0.2, 0.25) is 0 Å². The average molecular weight is 250 g/mol. The Morgan fingerprint density at radius 1 is 1.29 bits per heavy atom. The molecule has 1 fully saturated rings. The number of benzene rings is 1. The summed E-state index contributed by atoms with van der Waals surface area (Å²) in [5.41, 5.74) is 6.99. The van der Waals surface area contributed by atoms with Crippen LogP contribution in [0.5, 0.6) is 0 Å². The number of nitrogens with zero attached hydrogens (tertiary/aromatic N) is 1. The summed E-state index contributed by atoms with van der Waals surface area (Å²) in [7, 11) is 0. The molecule has 0 saturated carbocycles. The SMILES string of the molecule is NC(=S)CC(c1ccccc1)N1CCOCC1. The topological polar surface area (TPSA) is 38.5 Å². The average Bonchev–Trinajstić information content (AvgIpc) is 2.38. The van der Waals surface area contributed by atoms with Crippen molar-refractivity contribution in [3.63, 3.8) is 0 Å². The summed E-state index contributed by atoms with van der Waals surface area (Å²) in [5.74, 6) is 0. The van der Waals surface area contributed by atoms with E-state index in [2.05, 4.69) is 29.2 Å². The minimum Gasteiger partial charge on any atom is -0.393 e. The van der Waals surface area contributed by atoms with E-state index in [9.17, 15) is 0 Å². The van der Waals surface area contributed by atoms with Crippen molar-refractivity contribution in [2.75, 3.05) is 26.3 Å². The third-order valence-corrected chi connectivity index (χ3v) is 3.23. The molecule has 1 aliphatic rings. The summed E-state index contributed by atoms with van der Waals surface area (Å²) in [4.78, 5) is 2.98. The normalized spacial score (nSPS) is 18.8. The molecule has 0 amide bonds. The highest BCUT2D eigenvalue weighted by atomic mass is 32.1. The number of hydrogen-bond acceptors (Lipinski definition) is 3. The summed E-state index contributed by atoms with van der Waals surface area (Å²) >= 11 is 5.06. The van der Waals surface area contributed by atoms with Crippen LogP contribution in [0.1, 0.15) is 18.0 Å². The van der Waals surface area contributed by atoms with E-state index in [1.165, 1.54) is 5.56 Å². The van der Waals surface area contributed by atoms with Gasteiger partial charge in [0, 0.05) is 25.6 Å². The summed E-state index contributed by atoms with van der Waals surface area (Å²) in [6.45, 7) is 3.48. The quantitative estimate of drug-likeness (QED) is 0.826. The molecule has 2 rings (SSSR count). The fourth-order valence-corrected chi connectivity index (χ4v) is 2.37. The third kappa shape index (κ3) is 3.49. The highest BCUT2D eigenvalue weighted by Crippen LogP contribution is 2.24. The van der Waals surface area contributed by atoms with Gasteiger partial charge in [0.15, 0.2) is 0 Å². The Labute approximate surface area is 108 Å².